The first-order valence-corrected chi connectivity index (χ1v) is 3.12. The zero-order valence-corrected chi connectivity index (χ0v) is 5.86. The third-order valence-corrected chi connectivity index (χ3v) is 1.29. The van der Waals surface area contributed by atoms with Gasteiger partial charge in [-0.2, -0.15) is 10.2 Å². The Balaban J connectivity index is 2.69. The number of rotatable bonds is 1. The highest BCUT2D eigenvalue weighted by Crippen LogP contribution is 2.10. The molecule has 2 heterocycles. The molecule has 0 unspecified atom stereocenters. The van der Waals surface area contributed by atoms with Crippen LogP contribution in [-0.2, 0) is 0 Å². The van der Waals surface area contributed by atoms with Crippen LogP contribution in [0.15, 0.2) is 23.6 Å². The van der Waals surface area contributed by atoms with E-state index in [-0.39, 0.29) is 5.82 Å². The summed E-state index contributed by atoms with van der Waals surface area (Å²) in [4.78, 5) is 2.60. The molecule has 58 valence electrons. The monoisotopic (exact) mass is 161 g/mol. The molecular formula is C5H3N7. The van der Waals surface area contributed by atoms with Crippen LogP contribution in [0.2, 0.25) is 0 Å². The summed E-state index contributed by atoms with van der Waals surface area (Å²) in [7, 11) is 0. The van der Waals surface area contributed by atoms with E-state index in [1.165, 1.54) is 10.7 Å². The molecule has 0 radical (unpaired) electrons. The second kappa shape index (κ2) is 2.48. The topological polar surface area (TPSA) is 91.8 Å². The van der Waals surface area contributed by atoms with Crippen LogP contribution >= 0.6 is 0 Å². The molecule has 0 aromatic carbocycles. The van der Waals surface area contributed by atoms with Gasteiger partial charge in [0.15, 0.2) is 11.5 Å². The molecule has 0 aliphatic carbocycles. The Hall–Kier alpha value is -2.14. The molecule has 7 nitrogen and oxygen atoms in total. The highest BCUT2D eigenvalue weighted by molar-refractivity contribution is 5.45. The maximum absolute atomic E-state index is 8.12. The second-order valence-corrected chi connectivity index (χ2v) is 2.01. The van der Waals surface area contributed by atoms with Gasteiger partial charge < -0.3 is 0 Å². The fourth-order valence-electron chi connectivity index (χ4n) is 0.837. The van der Waals surface area contributed by atoms with Gasteiger partial charge in [-0.05, 0) is 10.6 Å². The molecule has 0 aliphatic rings. The van der Waals surface area contributed by atoms with Crippen LogP contribution in [0.4, 0.5) is 5.82 Å². The van der Waals surface area contributed by atoms with E-state index in [2.05, 4.69) is 25.3 Å². The minimum absolute atomic E-state index is 0.290. The Kier molecular flexibility index (Phi) is 1.36. The lowest BCUT2D eigenvalue weighted by Crippen LogP contribution is -1.89. The Morgan fingerprint density at radius 3 is 3.25 bits per heavy atom. The van der Waals surface area contributed by atoms with Gasteiger partial charge in [-0.15, -0.1) is 5.10 Å². The highest BCUT2D eigenvalue weighted by atomic mass is 15.3. The molecule has 0 amide bonds. The molecule has 0 aliphatic heterocycles. The van der Waals surface area contributed by atoms with E-state index in [9.17, 15) is 0 Å². The lowest BCUT2D eigenvalue weighted by atomic mass is 10.6. The number of hydrogen-bond acceptors (Lipinski definition) is 4. The quantitative estimate of drug-likeness (QED) is 0.355. The number of azide groups is 1. The van der Waals surface area contributed by atoms with E-state index in [0.717, 1.165) is 0 Å². The van der Waals surface area contributed by atoms with Crippen LogP contribution in [0.1, 0.15) is 0 Å². The molecule has 2 rings (SSSR count). The molecule has 7 heteroatoms. The molecule has 0 saturated carbocycles. The summed E-state index contributed by atoms with van der Waals surface area (Å²) in [5.41, 5.74) is 8.67. The van der Waals surface area contributed by atoms with Crippen molar-refractivity contribution in [2.45, 2.75) is 0 Å². The first kappa shape index (κ1) is 6.56. The van der Waals surface area contributed by atoms with E-state index in [0.29, 0.717) is 5.65 Å². The fourth-order valence-corrected chi connectivity index (χ4v) is 0.837. The van der Waals surface area contributed by atoms with Gasteiger partial charge in [0.1, 0.15) is 0 Å². The fraction of sp³-hybridized carbons (Fsp3) is 0. The molecule has 0 saturated heterocycles. The van der Waals surface area contributed by atoms with Crippen molar-refractivity contribution < 1.29 is 0 Å². The molecule has 0 bridgehead atoms. The van der Waals surface area contributed by atoms with Crippen molar-refractivity contribution in [1.29, 1.82) is 0 Å². The van der Waals surface area contributed by atoms with Crippen molar-refractivity contribution in [2.24, 2.45) is 5.11 Å². The molecule has 12 heavy (non-hydrogen) atoms. The number of aromatic nitrogens is 4. The van der Waals surface area contributed by atoms with E-state index in [4.69, 9.17) is 5.53 Å². The van der Waals surface area contributed by atoms with Crippen LogP contribution in [0.25, 0.3) is 16.1 Å². The SMILES string of the molecule is [N-]=[N+]=Nc1cc2nnccn2n1. The molecule has 0 fully saturated rings. The first-order chi connectivity index (χ1) is 5.90. The zero-order valence-electron chi connectivity index (χ0n) is 5.86. The average molecular weight is 161 g/mol. The van der Waals surface area contributed by atoms with E-state index >= 15 is 0 Å². The summed E-state index contributed by atoms with van der Waals surface area (Å²) in [5.74, 6) is 0.290. The van der Waals surface area contributed by atoms with Crippen LogP contribution in [0.5, 0.6) is 0 Å². The number of hydrogen-bond donors (Lipinski definition) is 0. The molecule has 2 aromatic rings. The van der Waals surface area contributed by atoms with Gasteiger partial charge in [0.2, 0.25) is 0 Å². The minimum Gasteiger partial charge on any atom is -0.219 e. The molecular weight excluding hydrogens is 158 g/mol. The van der Waals surface area contributed by atoms with Crippen LogP contribution in [0, 0.1) is 0 Å². The van der Waals surface area contributed by atoms with Gasteiger partial charge in [0, 0.05) is 11.0 Å². The molecule has 2 aromatic heterocycles. The Morgan fingerprint density at radius 2 is 2.50 bits per heavy atom. The summed E-state index contributed by atoms with van der Waals surface area (Å²) < 4.78 is 1.48. The van der Waals surface area contributed by atoms with Crippen molar-refractivity contribution >= 4 is 11.5 Å². The van der Waals surface area contributed by atoms with Crippen molar-refractivity contribution in [3.05, 3.63) is 28.9 Å². The molecule has 0 spiro atoms. The van der Waals surface area contributed by atoms with Gasteiger partial charge in [-0.1, -0.05) is 0 Å². The van der Waals surface area contributed by atoms with E-state index < -0.39 is 0 Å². The predicted octanol–water partition coefficient (Wildman–Crippen LogP) is 1.07. The summed E-state index contributed by atoms with van der Waals surface area (Å²) in [6.07, 6.45) is 3.12. The molecule has 0 atom stereocenters. The number of fused-ring (bicyclic) bond motifs is 1. The van der Waals surface area contributed by atoms with Crippen LogP contribution in [0.3, 0.4) is 0 Å². The average Bonchev–Trinajstić information content (AvgIpc) is 2.47. The lowest BCUT2D eigenvalue weighted by molar-refractivity contribution is 0.888. The first-order valence-electron chi connectivity index (χ1n) is 3.12. The number of nitrogens with zero attached hydrogens (tertiary/aromatic N) is 7. The van der Waals surface area contributed by atoms with Gasteiger partial charge in [-0.3, -0.25) is 0 Å². The summed E-state index contributed by atoms with van der Waals surface area (Å²) in [6, 6.07) is 1.55. The minimum atomic E-state index is 0.290. The van der Waals surface area contributed by atoms with Crippen LogP contribution < -0.4 is 0 Å². The molecule has 0 N–H and O–H groups in total. The van der Waals surface area contributed by atoms with Crippen LogP contribution in [-0.4, -0.2) is 19.8 Å². The van der Waals surface area contributed by atoms with Gasteiger partial charge in [-0.25, -0.2) is 4.52 Å². The second-order valence-electron chi connectivity index (χ2n) is 2.01. The van der Waals surface area contributed by atoms with Crippen molar-refractivity contribution in [3.63, 3.8) is 0 Å². The van der Waals surface area contributed by atoms with Gasteiger partial charge >= 0.3 is 0 Å². The predicted molar refractivity (Wildman–Crippen MR) is 39.6 cm³/mol. The lowest BCUT2D eigenvalue weighted by Gasteiger charge is -1.84. The normalized spacial score (nSPS) is 9.67. The third kappa shape index (κ3) is 0.938. The Labute approximate surface area is 66.3 Å². The van der Waals surface area contributed by atoms with Crippen molar-refractivity contribution in [1.82, 2.24) is 19.8 Å². The standard InChI is InChI=1S/C5H3N7/c6-11-8-4-3-5-9-7-1-2-12(5)10-4/h1-3H. The highest BCUT2D eigenvalue weighted by Gasteiger charge is 1.98. The van der Waals surface area contributed by atoms with E-state index in [1.54, 1.807) is 12.3 Å². The van der Waals surface area contributed by atoms with Gasteiger partial charge in [0.05, 0.1) is 12.4 Å². The largest absolute Gasteiger partial charge is 0.219 e. The Bertz CT molecular complexity index is 419. The Morgan fingerprint density at radius 1 is 1.58 bits per heavy atom. The summed E-state index contributed by atoms with van der Waals surface area (Å²) in [5, 5.41) is 14.6. The maximum Gasteiger partial charge on any atom is 0.177 e. The smallest absolute Gasteiger partial charge is 0.177 e. The maximum atomic E-state index is 8.12. The zero-order chi connectivity index (χ0) is 8.39. The van der Waals surface area contributed by atoms with E-state index in [1.807, 2.05) is 0 Å². The summed E-state index contributed by atoms with van der Waals surface area (Å²) in [6.45, 7) is 0. The summed E-state index contributed by atoms with van der Waals surface area (Å²) >= 11 is 0. The van der Waals surface area contributed by atoms with Crippen molar-refractivity contribution in [2.75, 3.05) is 0 Å². The third-order valence-electron chi connectivity index (χ3n) is 1.29. The van der Waals surface area contributed by atoms with Crippen molar-refractivity contribution in [3.8, 4) is 0 Å². The van der Waals surface area contributed by atoms with Gasteiger partial charge in [0.25, 0.3) is 0 Å².